The number of nitrogens with one attached hydrogen (secondary N) is 3. The molecule has 3 N–H and O–H groups in total. The van der Waals surface area contributed by atoms with Crippen LogP contribution in [-0.2, 0) is 4.79 Å². The fourth-order valence-electron chi connectivity index (χ4n) is 3.64. The molecule has 2 saturated heterocycles. The van der Waals surface area contributed by atoms with Gasteiger partial charge in [-0.05, 0) is 43.2 Å². The van der Waals surface area contributed by atoms with Crippen molar-refractivity contribution in [2.24, 2.45) is 0 Å². The summed E-state index contributed by atoms with van der Waals surface area (Å²) < 4.78 is 18.5. The predicted octanol–water partition coefficient (Wildman–Crippen LogP) is 3.68. The van der Waals surface area contributed by atoms with Gasteiger partial charge in [-0.1, -0.05) is 6.42 Å². The molecule has 0 radical (unpaired) electrons. The lowest BCUT2D eigenvalue weighted by Crippen LogP contribution is -2.36. The summed E-state index contributed by atoms with van der Waals surface area (Å²) in [7, 11) is 0. The zero-order chi connectivity index (χ0) is 20.9. The zero-order valence-corrected chi connectivity index (χ0v) is 17.1. The Morgan fingerprint density at radius 3 is 2.80 bits per heavy atom. The molecule has 1 aromatic heterocycles. The van der Waals surface area contributed by atoms with Gasteiger partial charge >= 0.3 is 6.03 Å². The second-order valence-electron chi connectivity index (χ2n) is 7.36. The number of rotatable bonds is 8. The van der Waals surface area contributed by atoms with E-state index in [1.807, 2.05) is 11.8 Å². The number of anilines is 1. The highest BCUT2D eigenvalue weighted by atomic mass is 32.2. The average molecular weight is 431 g/mol. The number of thioether (sulfide) groups is 1. The molecule has 2 aromatic rings. The van der Waals surface area contributed by atoms with Crippen molar-refractivity contribution in [3.05, 3.63) is 48.4 Å². The molecule has 3 atom stereocenters. The van der Waals surface area contributed by atoms with E-state index < -0.39 is 0 Å². The standard InChI is InChI=1S/C21H23FN4O3S/c22-13-5-8-15(9-6-13)29-19-10-7-14(11-23-19)24-18(27)4-2-1-3-17-20-16(12-30-17)25-21(28)26-20/h5-11,16-17,20H,1-4,12H2,(H,24,27)(H2,25,26,28)/t16-,17-,20-/m0/s1. The predicted molar refractivity (Wildman–Crippen MR) is 113 cm³/mol. The maximum Gasteiger partial charge on any atom is 0.315 e. The third-order valence-corrected chi connectivity index (χ3v) is 6.65. The highest BCUT2D eigenvalue weighted by Gasteiger charge is 2.42. The number of benzene rings is 1. The number of nitrogens with zero attached hydrogens (tertiary/aromatic N) is 1. The van der Waals surface area contributed by atoms with Crippen LogP contribution in [0.3, 0.4) is 0 Å². The second-order valence-corrected chi connectivity index (χ2v) is 8.63. The molecule has 0 bridgehead atoms. The third kappa shape index (κ3) is 5.21. The van der Waals surface area contributed by atoms with E-state index in [4.69, 9.17) is 4.74 Å². The van der Waals surface area contributed by atoms with Gasteiger partial charge in [-0.25, -0.2) is 14.2 Å². The summed E-state index contributed by atoms with van der Waals surface area (Å²) in [5.74, 6) is 1.40. The van der Waals surface area contributed by atoms with Crippen LogP contribution in [-0.4, -0.2) is 40.0 Å². The summed E-state index contributed by atoms with van der Waals surface area (Å²) in [6, 6.07) is 9.41. The van der Waals surface area contributed by atoms with E-state index in [0.29, 0.717) is 29.0 Å². The summed E-state index contributed by atoms with van der Waals surface area (Å²) >= 11 is 1.88. The molecule has 158 valence electrons. The third-order valence-electron chi connectivity index (χ3n) is 5.14. The number of fused-ring (bicyclic) bond motifs is 1. The molecule has 1 aromatic carbocycles. The quantitative estimate of drug-likeness (QED) is 0.439. The Kier molecular flexibility index (Phi) is 6.37. The molecule has 0 saturated carbocycles. The normalized spacial score (nSPS) is 22.2. The number of hydrogen-bond donors (Lipinski definition) is 3. The van der Waals surface area contributed by atoms with Crippen molar-refractivity contribution in [3.8, 4) is 11.6 Å². The van der Waals surface area contributed by atoms with Gasteiger partial charge in [-0.2, -0.15) is 11.8 Å². The number of urea groups is 1. The molecular formula is C21H23FN4O3S. The fourth-order valence-corrected chi connectivity index (χ4v) is 5.18. The van der Waals surface area contributed by atoms with Gasteiger partial charge in [-0.15, -0.1) is 0 Å². The van der Waals surface area contributed by atoms with Crippen molar-refractivity contribution in [2.45, 2.75) is 43.0 Å². The number of halogens is 1. The van der Waals surface area contributed by atoms with Crippen LogP contribution >= 0.6 is 11.8 Å². The lowest BCUT2D eigenvalue weighted by Gasteiger charge is -2.16. The van der Waals surface area contributed by atoms with Crippen LogP contribution in [0.25, 0.3) is 0 Å². The number of pyridine rings is 1. The van der Waals surface area contributed by atoms with E-state index in [1.165, 1.54) is 30.5 Å². The first kappa shape index (κ1) is 20.5. The maximum absolute atomic E-state index is 12.9. The highest BCUT2D eigenvalue weighted by molar-refractivity contribution is 8.00. The topological polar surface area (TPSA) is 92.4 Å². The van der Waals surface area contributed by atoms with Crippen LogP contribution in [0.1, 0.15) is 25.7 Å². The molecule has 0 aliphatic carbocycles. The summed E-state index contributed by atoms with van der Waals surface area (Å²) in [5.41, 5.74) is 0.598. The van der Waals surface area contributed by atoms with Gasteiger partial charge in [0.05, 0.1) is 24.0 Å². The maximum atomic E-state index is 12.9. The fraction of sp³-hybridized carbons (Fsp3) is 0.381. The first-order valence-electron chi connectivity index (χ1n) is 9.95. The number of ether oxygens (including phenoxy) is 1. The molecule has 0 spiro atoms. The van der Waals surface area contributed by atoms with Gasteiger partial charge < -0.3 is 20.7 Å². The number of unbranched alkanes of at least 4 members (excludes halogenated alkanes) is 1. The Morgan fingerprint density at radius 2 is 2.03 bits per heavy atom. The van der Waals surface area contributed by atoms with Crippen molar-refractivity contribution in [1.82, 2.24) is 15.6 Å². The lowest BCUT2D eigenvalue weighted by molar-refractivity contribution is -0.116. The van der Waals surface area contributed by atoms with Crippen LogP contribution in [0.4, 0.5) is 14.9 Å². The first-order valence-corrected chi connectivity index (χ1v) is 11.0. The monoisotopic (exact) mass is 430 g/mol. The first-order chi connectivity index (χ1) is 14.6. The van der Waals surface area contributed by atoms with E-state index in [1.54, 1.807) is 12.1 Å². The van der Waals surface area contributed by atoms with Crippen molar-refractivity contribution in [3.63, 3.8) is 0 Å². The van der Waals surface area contributed by atoms with Gasteiger partial charge in [0.25, 0.3) is 0 Å². The number of hydrogen-bond acceptors (Lipinski definition) is 5. The second kappa shape index (κ2) is 9.34. The van der Waals surface area contributed by atoms with Crippen molar-refractivity contribution in [2.75, 3.05) is 11.1 Å². The van der Waals surface area contributed by atoms with Crippen LogP contribution < -0.4 is 20.7 Å². The van der Waals surface area contributed by atoms with Gasteiger partial charge in [0.1, 0.15) is 11.6 Å². The van der Waals surface area contributed by atoms with Crippen LogP contribution in [0.15, 0.2) is 42.6 Å². The smallest absolute Gasteiger partial charge is 0.315 e. The molecule has 4 rings (SSSR count). The van der Waals surface area contributed by atoms with E-state index in [2.05, 4.69) is 20.9 Å². The van der Waals surface area contributed by atoms with Crippen LogP contribution in [0.5, 0.6) is 11.6 Å². The molecule has 2 aliphatic rings. The number of amides is 3. The molecular weight excluding hydrogens is 407 g/mol. The molecule has 2 aliphatic heterocycles. The largest absolute Gasteiger partial charge is 0.439 e. The zero-order valence-electron chi connectivity index (χ0n) is 16.3. The number of carbonyl (C=O) groups excluding carboxylic acids is 2. The van der Waals surface area contributed by atoms with Gasteiger partial charge in [0, 0.05) is 23.5 Å². The summed E-state index contributed by atoms with van der Waals surface area (Å²) in [6.07, 6.45) is 4.68. The molecule has 9 heteroatoms. The van der Waals surface area contributed by atoms with E-state index in [9.17, 15) is 14.0 Å². The molecule has 2 fully saturated rings. The lowest BCUT2D eigenvalue weighted by atomic mass is 10.0. The van der Waals surface area contributed by atoms with Gasteiger partial charge in [0.15, 0.2) is 0 Å². The van der Waals surface area contributed by atoms with Crippen molar-refractivity contribution >= 4 is 29.4 Å². The molecule has 3 amide bonds. The Hall–Kier alpha value is -2.81. The number of aromatic nitrogens is 1. The molecule has 30 heavy (non-hydrogen) atoms. The van der Waals surface area contributed by atoms with E-state index >= 15 is 0 Å². The minimum absolute atomic E-state index is 0.0585. The Morgan fingerprint density at radius 1 is 1.20 bits per heavy atom. The summed E-state index contributed by atoms with van der Waals surface area (Å²) in [4.78, 5) is 27.7. The molecule has 0 unspecified atom stereocenters. The molecule has 3 heterocycles. The van der Waals surface area contributed by atoms with E-state index in [-0.39, 0.29) is 29.8 Å². The minimum Gasteiger partial charge on any atom is -0.439 e. The Labute approximate surface area is 178 Å². The number of carbonyl (C=O) groups is 2. The van der Waals surface area contributed by atoms with Crippen LogP contribution in [0, 0.1) is 5.82 Å². The Balaban J connectivity index is 1.16. The van der Waals surface area contributed by atoms with E-state index in [0.717, 1.165) is 25.0 Å². The summed E-state index contributed by atoms with van der Waals surface area (Å²) in [5, 5.41) is 9.17. The molecule has 7 nitrogen and oxygen atoms in total. The summed E-state index contributed by atoms with van der Waals surface area (Å²) in [6.45, 7) is 0. The highest BCUT2D eigenvalue weighted by Crippen LogP contribution is 2.33. The van der Waals surface area contributed by atoms with Gasteiger partial charge in [0.2, 0.25) is 11.8 Å². The van der Waals surface area contributed by atoms with Crippen molar-refractivity contribution < 1.29 is 18.7 Å². The van der Waals surface area contributed by atoms with Gasteiger partial charge in [-0.3, -0.25) is 4.79 Å². The van der Waals surface area contributed by atoms with Crippen molar-refractivity contribution in [1.29, 1.82) is 0 Å². The van der Waals surface area contributed by atoms with Crippen LogP contribution in [0.2, 0.25) is 0 Å². The SMILES string of the molecule is O=C(CCCC[C@@H]1SC[C@@H]2NC(=O)N[C@@H]21)Nc1ccc(Oc2ccc(F)cc2)nc1. The minimum atomic E-state index is -0.332. The average Bonchev–Trinajstić information content (AvgIpc) is 3.28. The Bertz CT molecular complexity index is 894.